The first-order valence-electron chi connectivity index (χ1n) is 6.18. The highest BCUT2D eigenvalue weighted by Crippen LogP contribution is 2.28. The lowest BCUT2D eigenvalue weighted by atomic mass is 9.82. The number of ether oxygens (including phenoxy) is 1. The summed E-state index contributed by atoms with van der Waals surface area (Å²) in [6, 6.07) is 6.60. The molecule has 1 aromatic rings. The van der Waals surface area contributed by atoms with Crippen molar-refractivity contribution in [3.8, 4) is 5.75 Å². The standard InChI is InChI=1S/C14H22O3S2/c1-14(2,3)11(10-18)9-17-12-6-5-7-13(8-12)19(4,15)16/h5-8,11,18H,9-10H2,1-4H3. The van der Waals surface area contributed by atoms with Gasteiger partial charge in [-0.3, -0.25) is 0 Å². The van der Waals surface area contributed by atoms with Gasteiger partial charge in [0.1, 0.15) is 5.75 Å². The van der Waals surface area contributed by atoms with Crippen LogP contribution in [0.15, 0.2) is 29.2 Å². The number of sulfone groups is 1. The summed E-state index contributed by atoms with van der Waals surface area (Å²) in [5.74, 6) is 1.62. The third kappa shape index (κ3) is 5.07. The summed E-state index contributed by atoms with van der Waals surface area (Å²) in [7, 11) is -3.19. The highest BCUT2D eigenvalue weighted by Gasteiger charge is 2.24. The molecule has 0 amide bonds. The van der Waals surface area contributed by atoms with Crippen LogP contribution in [0.2, 0.25) is 0 Å². The molecule has 0 spiro atoms. The highest BCUT2D eigenvalue weighted by atomic mass is 32.2. The van der Waals surface area contributed by atoms with Crippen molar-refractivity contribution in [3.05, 3.63) is 24.3 Å². The van der Waals surface area contributed by atoms with E-state index in [-0.39, 0.29) is 10.3 Å². The fraction of sp³-hybridized carbons (Fsp3) is 0.571. The molecule has 3 nitrogen and oxygen atoms in total. The van der Waals surface area contributed by atoms with Gasteiger partial charge >= 0.3 is 0 Å². The van der Waals surface area contributed by atoms with E-state index >= 15 is 0 Å². The maximum Gasteiger partial charge on any atom is 0.175 e. The third-order valence-corrected chi connectivity index (χ3v) is 4.68. The molecular weight excluding hydrogens is 280 g/mol. The largest absolute Gasteiger partial charge is 0.493 e. The van der Waals surface area contributed by atoms with Crippen LogP contribution in [0.1, 0.15) is 20.8 Å². The van der Waals surface area contributed by atoms with E-state index in [1.54, 1.807) is 24.3 Å². The van der Waals surface area contributed by atoms with Crippen LogP contribution in [0, 0.1) is 11.3 Å². The first kappa shape index (κ1) is 16.4. The average Bonchev–Trinajstić information content (AvgIpc) is 2.27. The van der Waals surface area contributed by atoms with Gasteiger partial charge in [-0.25, -0.2) is 8.42 Å². The summed E-state index contributed by atoms with van der Waals surface area (Å²) in [5.41, 5.74) is 0.107. The van der Waals surface area contributed by atoms with Crippen molar-refractivity contribution in [2.24, 2.45) is 11.3 Å². The quantitative estimate of drug-likeness (QED) is 0.850. The summed E-state index contributed by atoms with van der Waals surface area (Å²) >= 11 is 4.35. The van der Waals surface area contributed by atoms with Crippen LogP contribution in [-0.4, -0.2) is 27.0 Å². The van der Waals surface area contributed by atoms with Crippen LogP contribution >= 0.6 is 12.6 Å². The molecule has 19 heavy (non-hydrogen) atoms. The molecule has 0 saturated heterocycles. The Hall–Kier alpha value is -0.680. The van der Waals surface area contributed by atoms with Crippen molar-refractivity contribution >= 4 is 22.5 Å². The molecule has 1 unspecified atom stereocenters. The number of hydrogen-bond donors (Lipinski definition) is 1. The highest BCUT2D eigenvalue weighted by molar-refractivity contribution is 7.90. The Labute approximate surface area is 121 Å². The number of hydrogen-bond acceptors (Lipinski definition) is 4. The van der Waals surface area contributed by atoms with Gasteiger partial charge in [0.2, 0.25) is 0 Å². The lowest BCUT2D eigenvalue weighted by Crippen LogP contribution is -2.28. The Morgan fingerprint density at radius 2 is 1.95 bits per heavy atom. The third-order valence-electron chi connectivity index (χ3n) is 3.13. The SMILES string of the molecule is CC(C)(C)C(CS)COc1cccc(S(C)(=O)=O)c1. The van der Waals surface area contributed by atoms with Crippen molar-refractivity contribution < 1.29 is 13.2 Å². The van der Waals surface area contributed by atoms with Gasteiger partial charge in [0.15, 0.2) is 9.84 Å². The minimum Gasteiger partial charge on any atom is -0.493 e. The molecule has 0 radical (unpaired) electrons. The van der Waals surface area contributed by atoms with Gasteiger partial charge in [0.05, 0.1) is 11.5 Å². The molecule has 5 heteroatoms. The lowest BCUT2D eigenvalue weighted by molar-refractivity contribution is 0.165. The smallest absolute Gasteiger partial charge is 0.175 e. The fourth-order valence-corrected chi connectivity index (χ4v) is 2.88. The topological polar surface area (TPSA) is 43.4 Å². The predicted molar refractivity (Wildman–Crippen MR) is 81.8 cm³/mol. The van der Waals surface area contributed by atoms with E-state index < -0.39 is 9.84 Å². The van der Waals surface area contributed by atoms with Crippen molar-refractivity contribution in [2.45, 2.75) is 25.7 Å². The zero-order valence-corrected chi connectivity index (χ0v) is 13.6. The van der Waals surface area contributed by atoms with E-state index in [0.29, 0.717) is 18.3 Å². The van der Waals surface area contributed by atoms with Gasteiger partial charge in [-0.15, -0.1) is 0 Å². The van der Waals surface area contributed by atoms with Crippen LogP contribution in [0.4, 0.5) is 0 Å². The maximum absolute atomic E-state index is 11.5. The number of rotatable bonds is 5. The first-order chi connectivity index (χ1) is 8.64. The molecule has 0 saturated carbocycles. The van der Waals surface area contributed by atoms with Crippen LogP contribution in [0.25, 0.3) is 0 Å². The minimum absolute atomic E-state index is 0.107. The monoisotopic (exact) mass is 302 g/mol. The zero-order valence-electron chi connectivity index (χ0n) is 11.9. The normalized spacial score (nSPS) is 14.2. The molecule has 0 bridgehead atoms. The van der Waals surface area contributed by atoms with Gasteiger partial charge in [-0.05, 0) is 29.4 Å². The van der Waals surface area contributed by atoms with Crippen molar-refractivity contribution in [1.82, 2.24) is 0 Å². The van der Waals surface area contributed by atoms with E-state index in [1.807, 2.05) is 0 Å². The molecule has 0 aliphatic carbocycles. The second-order valence-electron chi connectivity index (χ2n) is 5.80. The van der Waals surface area contributed by atoms with Crippen molar-refractivity contribution in [2.75, 3.05) is 18.6 Å². The Morgan fingerprint density at radius 1 is 1.32 bits per heavy atom. The minimum atomic E-state index is -3.19. The molecule has 0 fully saturated rings. The summed E-state index contributed by atoms with van der Waals surface area (Å²) in [6.07, 6.45) is 1.19. The van der Waals surface area contributed by atoms with E-state index in [2.05, 4.69) is 33.4 Å². The van der Waals surface area contributed by atoms with E-state index in [1.165, 1.54) is 6.26 Å². The lowest BCUT2D eigenvalue weighted by Gasteiger charge is -2.29. The van der Waals surface area contributed by atoms with Crippen molar-refractivity contribution in [3.63, 3.8) is 0 Å². The zero-order chi connectivity index (χ0) is 14.7. The molecule has 0 aliphatic rings. The van der Waals surface area contributed by atoms with Crippen molar-refractivity contribution in [1.29, 1.82) is 0 Å². The van der Waals surface area contributed by atoms with Gasteiger partial charge in [0, 0.05) is 12.2 Å². The predicted octanol–water partition coefficient (Wildman–Crippen LogP) is 3.06. The molecular formula is C14H22O3S2. The van der Waals surface area contributed by atoms with E-state index in [4.69, 9.17) is 4.74 Å². The van der Waals surface area contributed by atoms with Crippen LogP contribution in [-0.2, 0) is 9.84 Å². The summed E-state index contributed by atoms with van der Waals surface area (Å²) in [4.78, 5) is 0.281. The average molecular weight is 302 g/mol. The molecule has 0 N–H and O–H groups in total. The van der Waals surface area contributed by atoms with Crippen LogP contribution < -0.4 is 4.74 Å². The van der Waals surface area contributed by atoms with Crippen LogP contribution in [0.3, 0.4) is 0 Å². The Morgan fingerprint density at radius 3 is 2.42 bits per heavy atom. The first-order valence-corrected chi connectivity index (χ1v) is 8.71. The maximum atomic E-state index is 11.5. The number of benzene rings is 1. The second kappa shape index (κ2) is 6.18. The summed E-state index contributed by atoms with van der Waals surface area (Å²) in [6.45, 7) is 6.96. The fourth-order valence-electron chi connectivity index (χ4n) is 1.57. The molecule has 0 aromatic heterocycles. The van der Waals surface area contributed by atoms with Gasteiger partial charge in [0.25, 0.3) is 0 Å². The molecule has 1 atom stereocenters. The second-order valence-corrected chi connectivity index (χ2v) is 8.18. The summed E-state index contributed by atoms with van der Waals surface area (Å²) in [5, 5.41) is 0. The van der Waals surface area contributed by atoms with Gasteiger partial charge in [-0.1, -0.05) is 26.8 Å². The Balaban J connectivity index is 2.79. The van der Waals surface area contributed by atoms with Gasteiger partial charge in [-0.2, -0.15) is 12.6 Å². The molecule has 108 valence electrons. The Kier molecular flexibility index (Phi) is 5.33. The van der Waals surface area contributed by atoms with Crippen LogP contribution in [0.5, 0.6) is 5.75 Å². The van der Waals surface area contributed by atoms with E-state index in [9.17, 15) is 8.42 Å². The summed E-state index contributed by atoms with van der Waals surface area (Å²) < 4.78 is 28.6. The molecule has 1 aromatic carbocycles. The molecule has 0 heterocycles. The van der Waals surface area contributed by atoms with Gasteiger partial charge < -0.3 is 4.74 Å². The Bertz CT molecular complexity index is 516. The molecule has 0 aliphatic heterocycles. The molecule has 1 rings (SSSR count). The van der Waals surface area contributed by atoms with E-state index in [0.717, 1.165) is 5.75 Å². The number of thiol groups is 1.